The van der Waals surface area contributed by atoms with Crippen LogP contribution in [0.1, 0.15) is 12.8 Å². The summed E-state index contributed by atoms with van der Waals surface area (Å²) in [7, 11) is 0. The third kappa shape index (κ3) is 2.39. The summed E-state index contributed by atoms with van der Waals surface area (Å²) in [6.07, 6.45) is 0.361. The van der Waals surface area contributed by atoms with Crippen LogP contribution in [-0.4, -0.2) is 34.9 Å². The first-order valence-corrected chi connectivity index (χ1v) is 5.47. The highest BCUT2D eigenvalue weighted by Crippen LogP contribution is 2.26. The third-order valence-corrected chi connectivity index (χ3v) is 3.18. The van der Waals surface area contributed by atoms with Crippen LogP contribution < -0.4 is 4.90 Å². The topological polar surface area (TPSA) is 60.8 Å². The Kier molecular flexibility index (Phi) is 3.02. The smallest absolute Gasteiger partial charge is 0.335 e. The minimum absolute atomic E-state index is 0.180. The monoisotopic (exact) mass is 239 g/mol. The van der Waals surface area contributed by atoms with Gasteiger partial charge in [0.15, 0.2) is 5.60 Å². The van der Waals surface area contributed by atoms with Crippen molar-refractivity contribution < 1.29 is 19.4 Å². The molecule has 17 heavy (non-hydrogen) atoms. The van der Waals surface area contributed by atoms with Gasteiger partial charge in [0, 0.05) is 31.6 Å². The summed E-state index contributed by atoms with van der Waals surface area (Å²) in [6.45, 7) is 0.906. The van der Waals surface area contributed by atoms with E-state index in [9.17, 15) is 14.3 Å². The highest BCUT2D eigenvalue weighted by atomic mass is 19.1. The molecular weight excluding hydrogens is 225 g/mol. The number of aliphatic carboxylic acids is 1. The predicted molar refractivity (Wildman–Crippen MR) is 60.4 cm³/mol. The van der Waals surface area contributed by atoms with Gasteiger partial charge in [-0.15, -0.1) is 0 Å². The maximum atomic E-state index is 12.7. The SMILES string of the molecule is O=C(O)C1(O)CCN(c2ccc(F)cc2)CC1. The van der Waals surface area contributed by atoms with Crippen LogP contribution in [0.25, 0.3) is 0 Å². The van der Waals surface area contributed by atoms with Crippen LogP contribution in [0.5, 0.6) is 0 Å². The number of hydrogen-bond donors (Lipinski definition) is 2. The lowest BCUT2D eigenvalue weighted by molar-refractivity contribution is -0.160. The van der Waals surface area contributed by atoms with E-state index in [-0.39, 0.29) is 18.7 Å². The number of anilines is 1. The Morgan fingerprint density at radius 1 is 1.24 bits per heavy atom. The normalized spacial score (nSPS) is 19.1. The number of carboxylic acid groups (broad SMARTS) is 1. The number of piperidine rings is 1. The first-order valence-electron chi connectivity index (χ1n) is 5.47. The number of hydrogen-bond acceptors (Lipinski definition) is 3. The molecule has 1 aromatic rings. The third-order valence-electron chi connectivity index (χ3n) is 3.18. The maximum Gasteiger partial charge on any atom is 0.335 e. The molecule has 0 unspecified atom stereocenters. The molecule has 1 saturated heterocycles. The van der Waals surface area contributed by atoms with E-state index in [0.29, 0.717) is 13.1 Å². The second-order valence-electron chi connectivity index (χ2n) is 4.30. The number of rotatable bonds is 2. The molecule has 0 aliphatic carbocycles. The van der Waals surface area contributed by atoms with E-state index in [0.717, 1.165) is 5.69 Å². The highest BCUT2D eigenvalue weighted by Gasteiger charge is 2.39. The van der Waals surface area contributed by atoms with Gasteiger partial charge in [0.2, 0.25) is 0 Å². The zero-order chi connectivity index (χ0) is 12.5. The Bertz CT molecular complexity index is 410. The Balaban J connectivity index is 2.04. The summed E-state index contributed by atoms with van der Waals surface area (Å²) in [5.74, 6) is -1.47. The second kappa shape index (κ2) is 4.33. The van der Waals surface area contributed by atoms with Crippen LogP contribution in [0.3, 0.4) is 0 Å². The number of nitrogens with zero attached hydrogens (tertiary/aromatic N) is 1. The molecular formula is C12H14FNO3. The molecule has 1 fully saturated rings. The lowest BCUT2D eigenvalue weighted by Gasteiger charge is -2.36. The molecule has 0 saturated carbocycles. The first kappa shape index (κ1) is 11.9. The van der Waals surface area contributed by atoms with Crippen molar-refractivity contribution in [2.24, 2.45) is 0 Å². The van der Waals surface area contributed by atoms with Gasteiger partial charge in [0.1, 0.15) is 5.82 Å². The van der Waals surface area contributed by atoms with Crippen molar-refractivity contribution >= 4 is 11.7 Å². The molecule has 4 nitrogen and oxygen atoms in total. The minimum Gasteiger partial charge on any atom is -0.479 e. The zero-order valence-electron chi connectivity index (χ0n) is 9.27. The maximum absolute atomic E-state index is 12.7. The van der Waals surface area contributed by atoms with E-state index in [1.54, 1.807) is 12.1 Å². The summed E-state index contributed by atoms with van der Waals surface area (Å²) >= 11 is 0. The Labute approximate surface area is 98.3 Å². The molecule has 0 atom stereocenters. The number of halogens is 1. The molecule has 2 rings (SSSR count). The van der Waals surface area contributed by atoms with Gasteiger partial charge in [-0.1, -0.05) is 0 Å². The van der Waals surface area contributed by atoms with Crippen LogP contribution in [0.4, 0.5) is 10.1 Å². The second-order valence-corrected chi connectivity index (χ2v) is 4.30. The van der Waals surface area contributed by atoms with Crippen LogP contribution in [0.2, 0.25) is 0 Å². The van der Waals surface area contributed by atoms with E-state index in [2.05, 4.69) is 0 Å². The van der Waals surface area contributed by atoms with Crippen LogP contribution in [0, 0.1) is 5.82 Å². The van der Waals surface area contributed by atoms with Crippen molar-refractivity contribution in [3.63, 3.8) is 0 Å². The average Bonchev–Trinajstić information content (AvgIpc) is 2.31. The average molecular weight is 239 g/mol. The fourth-order valence-electron chi connectivity index (χ4n) is 2.00. The lowest BCUT2D eigenvalue weighted by atomic mass is 9.91. The Hall–Kier alpha value is -1.62. The summed E-state index contributed by atoms with van der Waals surface area (Å²) < 4.78 is 12.7. The number of carbonyl (C=O) groups is 1. The van der Waals surface area contributed by atoms with Crippen molar-refractivity contribution in [2.45, 2.75) is 18.4 Å². The molecule has 1 heterocycles. The Morgan fingerprint density at radius 3 is 2.24 bits per heavy atom. The summed E-state index contributed by atoms with van der Waals surface area (Å²) in [6, 6.07) is 6.04. The van der Waals surface area contributed by atoms with Crippen LogP contribution in [-0.2, 0) is 4.79 Å². The molecule has 0 aromatic heterocycles. The number of benzene rings is 1. The van der Waals surface area contributed by atoms with E-state index in [1.165, 1.54) is 12.1 Å². The van der Waals surface area contributed by atoms with E-state index in [1.807, 2.05) is 4.90 Å². The van der Waals surface area contributed by atoms with Gasteiger partial charge in [0.05, 0.1) is 0 Å². The molecule has 92 valence electrons. The van der Waals surface area contributed by atoms with E-state index >= 15 is 0 Å². The lowest BCUT2D eigenvalue weighted by Crippen LogP contribution is -2.49. The molecule has 1 aliphatic rings. The number of carboxylic acids is 1. The van der Waals surface area contributed by atoms with Gasteiger partial charge < -0.3 is 15.1 Å². The summed E-state index contributed by atoms with van der Waals surface area (Å²) in [4.78, 5) is 12.8. The Morgan fingerprint density at radius 2 is 1.76 bits per heavy atom. The molecule has 0 spiro atoms. The van der Waals surface area contributed by atoms with Crippen molar-refractivity contribution in [1.29, 1.82) is 0 Å². The predicted octanol–water partition coefficient (Wildman–Crippen LogP) is 1.24. The fourth-order valence-corrected chi connectivity index (χ4v) is 2.00. The van der Waals surface area contributed by atoms with Gasteiger partial charge in [-0.25, -0.2) is 9.18 Å². The van der Waals surface area contributed by atoms with Crippen LogP contribution >= 0.6 is 0 Å². The van der Waals surface area contributed by atoms with Gasteiger partial charge in [-0.2, -0.15) is 0 Å². The van der Waals surface area contributed by atoms with Gasteiger partial charge in [-0.05, 0) is 24.3 Å². The van der Waals surface area contributed by atoms with Crippen molar-refractivity contribution in [2.75, 3.05) is 18.0 Å². The number of aliphatic hydroxyl groups is 1. The summed E-state index contributed by atoms with van der Waals surface area (Å²) in [5, 5.41) is 18.6. The van der Waals surface area contributed by atoms with Gasteiger partial charge in [-0.3, -0.25) is 0 Å². The first-order chi connectivity index (χ1) is 8.01. The largest absolute Gasteiger partial charge is 0.479 e. The van der Waals surface area contributed by atoms with Crippen molar-refractivity contribution in [3.05, 3.63) is 30.1 Å². The molecule has 0 radical (unpaired) electrons. The highest BCUT2D eigenvalue weighted by molar-refractivity contribution is 5.77. The van der Waals surface area contributed by atoms with Crippen molar-refractivity contribution in [3.8, 4) is 0 Å². The van der Waals surface area contributed by atoms with Gasteiger partial charge >= 0.3 is 5.97 Å². The molecule has 0 amide bonds. The summed E-state index contributed by atoms with van der Waals surface area (Å²) in [5.41, 5.74) is -0.768. The van der Waals surface area contributed by atoms with E-state index in [4.69, 9.17) is 5.11 Å². The molecule has 2 N–H and O–H groups in total. The molecule has 0 bridgehead atoms. The fraction of sp³-hybridized carbons (Fsp3) is 0.417. The van der Waals surface area contributed by atoms with E-state index < -0.39 is 11.6 Å². The quantitative estimate of drug-likeness (QED) is 0.815. The van der Waals surface area contributed by atoms with Crippen LogP contribution in [0.15, 0.2) is 24.3 Å². The molecule has 5 heteroatoms. The molecule has 1 aliphatic heterocycles. The minimum atomic E-state index is -1.61. The molecule has 1 aromatic carbocycles. The van der Waals surface area contributed by atoms with Gasteiger partial charge in [0.25, 0.3) is 0 Å². The standard InChI is InChI=1S/C12H14FNO3/c13-9-1-3-10(4-2-9)14-7-5-12(17,6-8-14)11(15)16/h1-4,17H,5-8H2,(H,15,16). The zero-order valence-corrected chi connectivity index (χ0v) is 9.27. The van der Waals surface area contributed by atoms with Crippen molar-refractivity contribution in [1.82, 2.24) is 0 Å².